The average molecular weight is 423 g/mol. The van der Waals surface area contributed by atoms with E-state index in [1.165, 1.54) is 0 Å². The minimum atomic E-state index is -0.236. The summed E-state index contributed by atoms with van der Waals surface area (Å²) in [4.78, 5) is 14.5. The molecule has 150 valence electrons. The first-order chi connectivity index (χ1) is 13.6. The molecule has 1 amide bonds. The molecule has 0 aromatic heterocycles. The van der Waals surface area contributed by atoms with Gasteiger partial charge < -0.3 is 15.2 Å². The number of benzene rings is 2. The smallest absolute Gasteiger partial charge is 0.258 e. The summed E-state index contributed by atoms with van der Waals surface area (Å²) >= 11 is 12.0. The van der Waals surface area contributed by atoms with Crippen LogP contribution in [0.1, 0.15) is 24.0 Å². The number of hydrogen-bond donors (Lipinski definition) is 2. The first kappa shape index (κ1) is 20.9. The Kier molecular flexibility index (Phi) is 7.57. The highest BCUT2D eigenvalue weighted by Gasteiger charge is 2.24. The lowest BCUT2D eigenvalue weighted by atomic mass is 10.1. The van der Waals surface area contributed by atoms with Gasteiger partial charge >= 0.3 is 0 Å². The van der Waals surface area contributed by atoms with Crippen molar-refractivity contribution < 1.29 is 14.6 Å². The highest BCUT2D eigenvalue weighted by Crippen LogP contribution is 2.27. The Morgan fingerprint density at radius 1 is 1.21 bits per heavy atom. The number of amides is 1. The van der Waals surface area contributed by atoms with Crippen molar-refractivity contribution >= 4 is 29.1 Å². The third-order valence-electron chi connectivity index (χ3n) is 4.93. The molecule has 3 rings (SSSR count). The van der Waals surface area contributed by atoms with Gasteiger partial charge in [0.1, 0.15) is 5.75 Å². The molecule has 0 unspecified atom stereocenters. The molecule has 28 heavy (non-hydrogen) atoms. The number of likely N-dealkylation sites (tertiary alicyclic amines) is 1. The third-order valence-corrected chi connectivity index (χ3v) is 5.48. The molecule has 1 aliphatic rings. The zero-order chi connectivity index (χ0) is 19.9. The molecule has 0 bridgehead atoms. The molecular weight excluding hydrogens is 399 g/mol. The molecule has 0 saturated carbocycles. The SMILES string of the molecule is O=C(COc1cc(Cl)ccc1Cl)NCc1ccccc1CN1CCC[C@@H]1CO. The summed E-state index contributed by atoms with van der Waals surface area (Å²) in [5.74, 6) is 0.147. The number of aliphatic hydroxyl groups is 1. The summed E-state index contributed by atoms with van der Waals surface area (Å²) < 4.78 is 5.47. The maximum Gasteiger partial charge on any atom is 0.258 e. The van der Waals surface area contributed by atoms with E-state index in [0.717, 1.165) is 37.1 Å². The fourth-order valence-electron chi connectivity index (χ4n) is 3.39. The molecule has 1 aliphatic heterocycles. The minimum Gasteiger partial charge on any atom is -0.482 e. The Hall–Kier alpha value is -1.79. The van der Waals surface area contributed by atoms with Gasteiger partial charge in [0.15, 0.2) is 6.61 Å². The number of halogens is 2. The number of carbonyl (C=O) groups excluding carboxylic acids is 1. The maximum absolute atomic E-state index is 12.2. The van der Waals surface area contributed by atoms with Gasteiger partial charge in [-0.2, -0.15) is 0 Å². The molecule has 2 N–H and O–H groups in total. The molecule has 2 aromatic carbocycles. The van der Waals surface area contributed by atoms with E-state index in [4.69, 9.17) is 27.9 Å². The van der Waals surface area contributed by atoms with Crippen LogP contribution in [0.15, 0.2) is 42.5 Å². The van der Waals surface area contributed by atoms with Gasteiger partial charge in [-0.1, -0.05) is 47.5 Å². The fraction of sp³-hybridized carbons (Fsp3) is 0.381. The van der Waals surface area contributed by atoms with Crippen LogP contribution in [0.4, 0.5) is 0 Å². The van der Waals surface area contributed by atoms with E-state index in [9.17, 15) is 9.90 Å². The second kappa shape index (κ2) is 10.1. The second-order valence-electron chi connectivity index (χ2n) is 6.86. The van der Waals surface area contributed by atoms with E-state index in [1.807, 2.05) is 18.2 Å². The molecule has 1 fully saturated rings. The molecular formula is C21H24Cl2N2O3. The summed E-state index contributed by atoms with van der Waals surface area (Å²) in [6.07, 6.45) is 2.13. The van der Waals surface area contributed by atoms with Gasteiger partial charge in [-0.3, -0.25) is 9.69 Å². The summed E-state index contributed by atoms with van der Waals surface area (Å²) in [7, 11) is 0. The standard InChI is InChI=1S/C21H24Cl2N2O3/c22-17-7-8-19(23)20(10-17)28-14-21(27)24-11-15-4-1-2-5-16(15)12-25-9-3-6-18(25)13-26/h1-2,4-5,7-8,10,18,26H,3,6,9,11-14H2,(H,24,27)/t18-/m1/s1. The normalized spacial score (nSPS) is 16.9. The van der Waals surface area contributed by atoms with Crippen LogP contribution < -0.4 is 10.1 Å². The van der Waals surface area contributed by atoms with Gasteiger partial charge in [0.2, 0.25) is 0 Å². The number of nitrogens with zero attached hydrogens (tertiary/aromatic N) is 1. The van der Waals surface area contributed by atoms with Crippen molar-refractivity contribution in [2.45, 2.75) is 32.0 Å². The van der Waals surface area contributed by atoms with Crippen molar-refractivity contribution in [3.05, 3.63) is 63.6 Å². The predicted octanol–water partition coefficient (Wildman–Crippen LogP) is 3.65. The molecule has 1 heterocycles. The number of ether oxygens (including phenoxy) is 1. The van der Waals surface area contributed by atoms with E-state index in [0.29, 0.717) is 22.3 Å². The average Bonchev–Trinajstić information content (AvgIpc) is 3.15. The second-order valence-corrected chi connectivity index (χ2v) is 7.70. The number of nitrogens with one attached hydrogen (secondary N) is 1. The van der Waals surface area contributed by atoms with E-state index in [2.05, 4.69) is 16.3 Å². The Morgan fingerprint density at radius 3 is 2.79 bits per heavy atom. The van der Waals surface area contributed by atoms with E-state index in [-0.39, 0.29) is 25.2 Å². The van der Waals surface area contributed by atoms with Crippen LogP contribution in [0.5, 0.6) is 5.75 Å². The highest BCUT2D eigenvalue weighted by molar-refractivity contribution is 6.34. The number of rotatable bonds is 8. The fourth-order valence-corrected chi connectivity index (χ4v) is 3.72. The van der Waals surface area contributed by atoms with Crippen LogP contribution in [0.25, 0.3) is 0 Å². The van der Waals surface area contributed by atoms with Gasteiger partial charge in [-0.25, -0.2) is 0 Å². The molecule has 0 aliphatic carbocycles. The van der Waals surface area contributed by atoms with Crippen molar-refractivity contribution in [1.29, 1.82) is 0 Å². The Labute approximate surface area is 175 Å². The lowest BCUT2D eigenvalue weighted by Gasteiger charge is -2.24. The van der Waals surface area contributed by atoms with Crippen LogP contribution >= 0.6 is 23.2 Å². The predicted molar refractivity (Wildman–Crippen MR) is 111 cm³/mol. The van der Waals surface area contributed by atoms with E-state index >= 15 is 0 Å². The molecule has 0 spiro atoms. The Balaban J connectivity index is 1.54. The number of carbonyl (C=O) groups is 1. The summed E-state index contributed by atoms with van der Waals surface area (Å²) in [5.41, 5.74) is 2.21. The van der Waals surface area contributed by atoms with Gasteiger partial charge in [-0.05, 0) is 42.6 Å². The van der Waals surface area contributed by atoms with Crippen LogP contribution in [-0.4, -0.2) is 41.7 Å². The molecule has 0 radical (unpaired) electrons. The van der Waals surface area contributed by atoms with Crippen molar-refractivity contribution in [2.24, 2.45) is 0 Å². The zero-order valence-corrected chi connectivity index (χ0v) is 17.0. The topological polar surface area (TPSA) is 61.8 Å². The Morgan fingerprint density at radius 2 is 2.00 bits per heavy atom. The van der Waals surface area contributed by atoms with Crippen molar-refractivity contribution in [1.82, 2.24) is 10.2 Å². The third kappa shape index (κ3) is 5.61. The van der Waals surface area contributed by atoms with Gasteiger partial charge in [0.05, 0.1) is 11.6 Å². The van der Waals surface area contributed by atoms with Gasteiger partial charge in [-0.15, -0.1) is 0 Å². The monoisotopic (exact) mass is 422 g/mol. The summed E-state index contributed by atoms with van der Waals surface area (Å²) in [5, 5.41) is 13.3. The molecule has 7 heteroatoms. The zero-order valence-electron chi connectivity index (χ0n) is 15.5. The number of hydrogen-bond acceptors (Lipinski definition) is 4. The summed E-state index contributed by atoms with van der Waals surface area (Å²) in [6, 6.07) is 13.1. The lowest BCUT2D eigenvalue weighted by Crippen LogP contribution is -2.33. The molecule has 5 nitrogen and oxygen atoms in total. The molecule has 1 saturated heterocycles. The maximum atomic E-state index is 12.2. The van der Waals surface area contributed by atoms with Crippen molar-refractivity contribution in [3.8, 4) is 5.75 Å². The van der Waals surface area contributed by atoms with Gasteiger partial charge in [0, 0.05) is 30.2 Å². The van der Waals surface area contributed by atoms with E-state index < -0.39 is 0 Å². The number of aliphatic hydroxyl groups excluding tert-OH is 1. The van der Waals surface area contributed by atoms with Crippen LogP contribution in [0, 0.1) is 0 Å². The molecule has 2 aromatic rings. The minimum absolute atomic E-state index is 0.138. The van der Waals surface area contributed by atoms with E-state index in [1.54, 1.807) is 18.2 Å². The first-order valence-electron chi connectivity index (χ1n) is 9.33. The quantitative estimate of drug-likeness (QED) is 0.681. The van der Waals surface area contributed by atoms with Gasteiger partial charge in [0.25, 0.3) is 5.91 Å². The van der Waals surface area contributed by atoms with Crippen LogP contribution in [0.2, 0.25) is 10.0 Å². The van der Waals surface area contributed by atoms with Crippen LogP contribution in [-0.2, 0) is 17.9 Å². The lowest BCUT2D eigenvalue weighted by molar-refractivity contribution is -0.123. The van der Waals surface area contributed by atoms with Crippen molar-refractivity contribution in [2.75, 3.05) is 19.8 Å². The highest BCUT2D eigenvalue weighted by atomic mass is 35.5. The molecule has 1 atom stereocenters. The van der Waals surface area contributed by atoms with Crippen molar-refractivity contribution in [3.63, 3.8) is 0 Å². The summed E-state index contributed by atoms with van der Waals surface area (Å²) in [6.45, 7) is 2.22. The largest absolute Gasteiger partial charge is 0.482 e. The Bertz CT molecular complexity index is 816. The van der Waals surface area contributed by atoms with Crippen LogP contribution in [0.3, 0.4) is 0 Å². The first-order valence-corrected chi connectivity index (χ1v) is 10.1.